The Hall–Kier alpha value is -2.12. The molecule has 1 amide bonds. The van der Waals surface area contributed by atoms with E-state index in [-0.39, 0.29) is 17.2 Å². The number of carbonyl (C=O) groups excluding carboxylic acids is 1. The molecule has 1 heterocycles. The zero-order valence-corrected chi connectivity index (χ0v) is 18.3. The van der Waals surface area contributed by atoms with Crippen LogP contribution in [0.4, 0.5) is 5.69 Å². The van der Waals surface area contributed by atoms with E-state index in [1.165, 1.54) is 11.8 Å². The monoisotopic (exact) mass is 459 g/mol. The Bertz CT molecular complexity index is 1070. The lowest BCUT2D eigenvalue weighted by molar-refractivity contribution is -0.113. The lowest BCUT2D eigenvalue weighted by Gasteiger charge is -2.13. The van der Waals surface area contributed by atoms with E-state index in [9.17, 15) is 9.59 Å². The van der Waals surface area contributed by atoms with Crippen LogP contribution in [0, 0.1) is 0 Å². The molecule has 0 saturated heterocycles. The van der Waals surface area contributed by atoms with Gasteiger partial charge in [-0.25, -0.2) is 4.98 Å². The van der Waals surface area contributed by atoms with E-state index in [4.69, 9.17) is 0 Å². The van der Waals surface area contributed by atoms with Crippen LogP contribution in [0.15, 0.2) is 56.9 Å². The van der Waals surface area contributed by atoms with Gasteiger partial charge in [0.05, 0.1) is 16.7 Å². The van der Waals surface area contributed by atoms with E-state index in [0.29, 0.717) is 22.6 Å². The summed E-state index contributed by atoms with van der Waals surface area (Å²) in [5.74, 6) is 0.0788. The molecule has 5 nitrogen and oxygen atoms in total. The van der Waals surface area contributed by atoms with Gasteiger partial charge in [0.15, 0.2) is 5.16 Å². The molecule has 0 aliphatic heterocycles. The quantitative estimate of drug-likeness (QED) is 0.404. The van der Waals surface area contributed by atoms with Gasteiger partial charge in [0.25, 0.3) is 5.56 Å². The third-order valence-corrected chi connectivity index (χ3v) is 5.80. The number of aromatic nitrogens is 2. The second-order valence-corrected chi connectivity index (χ2v) is 8.22. The average Bonchev–Trinajstić information content (AvgIpc) is 2.70. The van der Waals surface area contributed by atoms with E-state index in [1.54, 1.807) is 10.6 Å². The first-order chi connectivity index (χ1) is 13.5. The van der Waals surface area contributed by atoms with E-state index < -0.39 is 0 Å². The maximum Gasteiger partial charge on any atom is 0.262 e. The molecular formula is C21H22BrN3O2S. The predicted molar refractivity (Wildman–Crippen MR) is 119 cm³/mol. The topological polar surface area (TPSA) is 64.0 Å². The first-order valence-electron chi connectivity index (χ1n) is 9.24. The molecule has 0 atom stereocenters. The van der Waals surface area contributed by atoms with Crippen LogP contribution in [-0.2, 0) is 17.8 Å². The summed E-state index contributed by atoms with van der Waals surface area (Å²) in [6.07, 6.45) is 1.66. The molecule has 28 heavy (non-hydrogen) atoms. The number of thioether (sulfide) groups is 1. The molecule has 0 fully saturated rings. The Balaban J connectivity index is 1.83. The van der Waals surface area contributed by atoms with Gasteiger partial charge in [0.1, 0.15) is 0 Å². The second kappa shape index (κ2) is 9.39. The lowest BCUT2D eigenvalue weighted by atomic mass is 10.1. The summed E-state index contributed by atoms with van der Waals surface area (Å²) in [6, 6.07) is 13.2. The van der Waals surface area contributed by atoms with Crippen molar-refractivity contribution in [1.29, 1.82) is 0 Å². The number of rotatable bonds is 7. The first kappa shape index (κ1) is 20.6. The van der Waals surface area contributed by atoms with E-state index >= 15 is 0 Å². The van der Waals surface area contributed by atoms with Crippen LogP contribution < -0.4 is 10.9 Å². The normalized spacial score (nSPS) is 11.0. The minimum atomic E-state index is -0.112. The Morgan fingerprint density at radius 1 is 1.21 bits per heavy atom. The van der Waals surface area contributed by atoms with Crippen LogP contribution in [0.1, 0.15) is 25.8 Å². The molecule has 0 aliphatic rings. The molecular weight excluding hydrogens is 438 g/mol. The Labute approximate surface area is 176 Å². The molecule has 0 saturated carbocycles. The molecule has 0 unspecified atom stereocenters. The molecule has 3 rings (SSSR count). The smallest absolute Gasteiger partial charge is 0.262 e. The highest BCUT2D eigenvalue weighted by atomic mass is 79.9. The van der Waals surface area contributed by atoms with Crippen molar-refractivity contribution in [3.05, 3.63) is 62.9 Å². The minimum absolute atomic E-state index is 0.0765. The standard InChI is InChI=1S/C21H22BrN3O2S/c1-3-11-25-20(27)16-12-15(22)9-10-18(16)24-21(25)28-13-19(26)23-17-8-6-5-7-14(17)4-2/h5-10,12H,3-4,11,13H2,1-2H3,(H,23,26). The fourth-order valence-electron chi connectivity index (χ4n) is 2.97. The summed E-state index contributed by atoms with van der Waals surface area (Å²) in [7, 11) is 0. The molecule has 3 aromatic rings. The average molecular weight is 460 g/mol. The van der Waals surface area contributed by atoms with Crippen molar-refractivity contribution in [3.8, 4) is 0 Å². The summed E-state index contributed by atoms with van der Waals surface area (Å²) in [5, 5.41) is 4.11. The van der Waals surface area contributed by atoms with Crippen molar-refractivity contribution in [2.24, 2.45) is 0 Å². The van der Waals surface area contributed by atoms with Gasteiger partial charge < -0.3 is 5.32 Å². The van der Waals surface area contributed by atoms with Crippen LogP contribution in [0.25, 0.3) is 10.9 Å². The van der Waals surface area contributed by atoms with Gasteiger partial charge in [-0.3, -0.25) is 14.2 Å². The maximum atomic E-state index is 12.9. The zero-order chi connectivity index (χ0) is 20.1. The number of nitrogens with one attached hydrogen (secondary N) is 1. The summed E-state index contributed by atoms with van der Waals surface area (Å²) in [4.78, 5) is 30.0. The molecule has 146 valence electrons. The fraction of sp³-hybridized carbons (Fsp3) is 0.286. The molecule has 2 aromatic carbocycles. The largest absolute Gasteiger partial charge is 0.325 e. The fourth-order valence-corrected chi connectivity index (χ4v) is 4.16. The van der Waals surface area contributed by atoms with Crippen molar-refractivity contribution < 1.29 is 4.79 Å². The number of carbonyl (C=O) groups is 1. The molecule has 0 aliphatic carbocycles. The van der Waals surface area contributed by atoms with Gasteiger partial charge in [-0.2, -0.15) is 0 Å². The third-order valence-electron chi connectivity index (χ3n) is 4.33. The number of benzene rings is 2. The van der Waals surface area contributed by atoms with Crippen molar-refractivity contribution in [2.45, 2.75) is 38.4 Å². The van der Waals surface area contributed by atoms with Gasteiger partial charge in [0.2, 0.25) is 5.91 Å². The van der Waals surface area contributed by atoms with Crippen LogP contribution in [0.2, 0.25) is 0 Å². The minimum Gasteiger partial charge on any atom is -0.325 e. The highest BCUT2D eigenvalue weighted by Crippen LogP contribution is 2.22. The van der Waals surface area contributed by atoms with Crippen LogP contribution in [0.5, 0.6) is 0 Å². The molecule has 0 spiro atoms. The van der Waals surface area contributed by atoms with E-state index in [1.807, 2.05) is 43.3 Å². The van der Waals surface area contributed by atoms with Gasteiger partial charge in [-0.05, 0) is 42.7 Å². The van der Waals surface area contributed by atoms with E-state index in [0.717, 1.165) is 28.6 Å². The van der Waals surface area contributed by atoms with Gasteiger partial charge in [0, 0.05) is 16.7 Å². The maximum absolute atomic E-state index is 12.9. The third kappa shape index (κ3) is 4.64. The lowest BCUT2D eigenvalue weighted by Crippen LogP contribution is -2.24. The van der Waals surface area contributed by atoms with Crippen molar-refractivity contribution in [2.75, 3.05) is 11.1 Å². The highest BCUT2D eigenvalue weighted by Gasteiger charge is 2.14. The van der Waals surface area contributed by atoms with Crippen LogP contribution >= 0.6 is 27.7 Å². The summed E-state index contributed by atoms with van der Waals surface area (Å²) >= 11 is 4.70. The first-order valence-corrected chi connectivity index (χ1v) is 11.0. The number of aryl methyl sites for hydroxylation is 1. The van der Waals surface area contributed by atoms with Crippen molar-refractivity contribution in [3.63, 3.8) is 0 Å². The number of para-hydroxylation sites is 1. The number of fused-ring (bicyclic) bond motifs is 1. The SMILES string of the molecule is CCCn1c(SCC(=O)Nc2ccccc2CC)nc2ccc(Br)cc2c1=O. The van der Waals surface area contributed by atoms with Gasteiger partial charge in [-0.1, -0.05) is 59.7 Å². The van der Waals surface area contributed by atoms with Crippen LogP contribution in [-0.4, -0.2) is 21.2 Å². The number of hydrogen-bond donors (Lipinski definition) is 1. The number of halogens is 1. The van der Waals surface area contributed by atoms with Gasteiger partial charge in [-0.15, -0.1) is 0 Å². The summed E-state index contributed by atoms with van der Waals surface area (Å²) in [6.45, 7) is 4.64. The molecule has 0 bridgehead atoms. The predicted octanol–water partition coefficient (Wildman–Crippen LogP) is 4.86. The molecule has 1 N–H and O–H groups in total. The Kier molecular flexibility index (Phi) is 6.91. The van der Waals surface area contributed by atoms with Crippen molar-refractivity contribution in [1.82, 2.24) is 9.55 Å². The number of nitrogens with zero attached hydrogens (tertiary/aromatic N) is 2. The number of anilines is 1. The highest BCUT2D eigenvalue weighted by molar-refractivity contribution is 9.10. The molecule has 1 aromatic heterocycles. The van der Waals surface area contributed by atoms with Crippen LogP contribution in [0.3, 0.4) is 0 Å². The summed E-state index contributed by atoms with van der Waals surface area (Å²) < 4.78 is 2.50. The second-order valence-electron chi connectivity index (χ2n) is 6.36. The summed E-state index contributed by atoms with van der Waals surface area (Å²) in [5.41, 5.74) is 2.49. The van der Waals surface area contributed by atoms with E-state index in [2.05, 4.69) is 33.2 Å². The van der Waals surface area contributed by atoms with Crippen molar-refractivity contribution >= 4 is 50.2 Å². The molecule has 0 radical (unpaired) electrons. The molecule has 7 heteroatoms. The number of hydrogen-bond acceptors (Lipinski definition) is 4. The Morgan fingerprint density at radius 2 is 2.00 bits per heavy atom. The Morgan fingerprint density at radius 3 is 2.75 bits per heavy atom. The zero-order valence-electron chi connectivity index (χ0n) is 15.9. The number of amides is 1. The van der Waals surface area contributed by atoms with Gasteiger partial charge >= 0.3 is 0 Å².